The van der Waals surface area contributed by atoms with Gasteiger partial charge in [0.15, 0.2) is 10.4 Å². The fraction of sp³-hybridized carbons (Fsp3) is 0.400. The number of carbonyl (C=O) groups excluding carboxylic acids is 1. The van der Waals surface area contributed by atoms with Crippen LogP contribution in [0, 0.1) is 6.92 Å². The second-order valence-corrected chi connectivity index (χ2v) is 14.6. The third kappa shape index (κ3) is 5.68. The summed E-state index contributed by atoms with van der Waals surface area (Å²) in [5.74, 6) is -0.152. The zero-order valence-electron chi connectivity index (χ0n) is 21.1. The van der Waals surface area contributed by atoms with E-state index in [1.165, 1.54) is 15.6 Å². The molecular weight excluding hydrogens is 517 g/mol. The van der Waals surface area contributed by atoms with Gasteiger partial charge in [0.1, 0.15) is 5.75 Å². The molecule has 1 aliphatic heterocycles. The van der Waals surface area contributed by atoms with Crippen molar-refractivity contribution in [1.82, 2.24) is 10.2 Å². The highest BCUT2D eigenvalue weighted by Gasteiger charge is 2.38. The van der Waals surface area contributed by atoms with Gasteiger partial charge in [0.05, 0.1) is 17.1 Å². The SMILES string of the molecule is Cc1ccc(S(=O)(=O)N2C[C@@H](C(=O)Nc3nnc(SC(C)C)s3)Oc3ccc(C(C)(C)C)cc32)cc1. The van der Waals surface area contributed by atoms with Crippen LogP contribution < -0.4 is 14.4 Å². The fourth-order valence-electron chi connectivity index (χ4n) is 3.61. The molecule has 192 valence electrons. The summed E-state index contributed by atoms with van der Waals surface area (Å²) in [6, 6.07) is 12.1. The Labute approximate surface area is 220 Å². The van der Waals surface area contributed by atoms with E-state index in [0.29, 0.717) is 21.8 Å². The zero-order valence-corrected chi connectivity index (χ0v) is 23.6. The number of rotatable bonds is 6. The largest absolute Gasteiger partial charge is 0.476 e. The number of anilines is 2. The lowest BCUT2D eigenvalue weighted by Gasteiger charge is -2.35. The molecule has 0 aliphatic carbocycles. The van der Waals surface area contributed by atoms with E-state index in [9.17, 15) is 13.2 Å². The maximum atomic E-state index is 13.8. The van der Waals surface area contributed by atoms with Crippen LogP contribution >= 0.6 is 23.1 Å². The van der Waals surface area contributed by atoms with E-state index in [-0.39, 0.29) is 16.9 Å². The van der Waals surface area contributed by atoms with E-state index < -0.39 is 22.0 Å². The molecule has 1 N–H and O–H groups in total. The first kappa shape index (κ1) is 26.4. The van der Waals surface area contributed by atoms with Crippen molar-refractivity contribution in [3.05, 3.63) is 53.6 Å². The van der Waals surface area contributed by atoms with Gasteiger partial charge in [0.25, 0.3) is 15.9 Å². The van der Waals surface area contributed by atoms with E-state index >= 15 is 0 Å². The number of nitrogens with zero attached hydrogens (tertiary/aromatic N) is 3. The molecule has 0 saturated heterocycles. The number of carbonyl (C=O) groups is 1. The summed E-state index contributed by atoms with van der Waals surface area (Å²) in [6.07, 6.45) is -1.07. The molecule has 0 saturated carbocycles. The Morgan fingerprint density at radius 1 is 1.17 bits per heavy atom. The molecule has 1 aromatic heterocycles. The highest BCUT2D eigenvalue weighted by atomic mass is 32.2. The number of benzene rings is 2. The van der Waals surface area contributed by atoms with Gasteiger partial charge in [-0.3, -0.25) is 14.4 Å². The lowest BCUT2D eigenvalue weighted by molar-refractivity contribution is -0.122. The Kier molecular flexibility index (Phi) is 7.36. The quantitative estimate of drug-likeness (QED) is 0.333. The van der Waals surface area contributed by atoms with Crippen LogP contribution in [0.4, 0.5) is 10.8 Å². The number of aromatic nitrogens is 2. The van der Waals surface area contributed by atoms with Crippen molar-refractivity contribution in [1.29, 1.82) is 0 Å². The molecule has 0 unspecified atom stereocenters. The van der Waals surface area contributed by atoms with Gasteiger partial charge in [-0.15, -0.1) is 10.2 Å². The normalized spacial score (nSPS) is 16.0. The number of thioether (sulfide) groups is 1. The molecule has 1 atom stereocenters. The minimum absolute atomic E-state index is 0.153. The van der Waals surface area contributed by atoms with Crippen molar-refractivity contribution in [2.45, 2.75) is 67.5 Å². The average molecular weight is 547 g/mol. The maximum Gasteiger partial charge on any atom is 0.269 e. The van der Waals surface area contributed by atoms with Crippen LogP contribution in [0.15, 0.2) is 51.7 Å². The zero-order chi connectivity index (χ0) is 26.3. The van der Waals surface area contributed by atoms with Crippen LogP contribution in [-0.4, -0.2) is 42.4 Å². The van der Waals surface area contributed by atoms with Gasteiger partial charge in [-0.1, -0.05) is 81.5 Å². The average Bonchev–Trinajstić information content (AvgIpc) is 3.23. The van der Waals surface area contributed by atoms with Crippen LogP contribution in [0.5, 0.6) is 5.75 Å². The molecule has 36 heavy (non-hydrogen) atoms. The topological polar surface area (TPSA) is 101 Å². The Bertz CT molecular complexity index is 1360. The third-order valence-electron chi connectivity index (χ3n) is 5.57. The summed E-state index contributed by atoms with van der Waals surface area (Å²) in [6.45, 7) is 12.0. The minimum atomic E-state index is -3.96. The van der Waals surface area contributed by atoms with E-state index in [4.69, 9.17) is 4.74 Å². The molecule has 1 aliphatic rings. The Balaban J connectivity index is 1.68. The van der Waals surface area contributed by atoms with E-state index in [0.717, 1.165) is 15.5 Å². The van der Waals surface area contributed by atoms with E-state index in [1.807, 2.05) is 32.9 Å². The fourth-order valence-corrected chi connectivity index (χ4v) is 7.06. The van der Waals surface area contributed by atoms with Gasteiger partial charge in [-0.25, -0.2) is 8.42 Å². The number of amides is 1. The predicted octanol–water partition coefficient (Wildman–Crippen LogP) is 5.24. The molecule has 0 fully saturated rings. The van der Waals surface area contributed by atoms with Gasteiger partial charge in [0.2, 0.25) is 5.13 Å². The van der Waals surface area contributed by atoms with Crippen molar-refractivity contribution in [3.63, 3.8) is 0 Å². The highest BCUT2D eigenvalue weighted by Crippen LogP contribution is 2.40. The molecule has 3 aromatic rings. The third-order valence-corrected chi connectivity index (χ3v) is 9.29. The molecule has 2 aromatic carbocycles. The predicted molar refractivity (Wildman–Crippen MR) is 145 cm³/mol. The molecule has 4 rings (SSSR count). The molecular formula is C25H30N4O4S3. The maximum absolute atomic E-state index is 13.8. The molecule has 0 bridgehead atoms. The van der Waals surface area contributed by atoms with Gasteiger partial charge in [0, 0.05) is 5.25 Å². The monoisotopic (exact) mass is 546 g/mol. The van der Waals surface area contributed by atoms with Gasteiger partial charge >= 0.3 is 0 Å². The lowest BCUT2D eigenvalue weighted by Crippen LogP contribution is -2.49. The standard InChI is InChI=1S/C25H30N4O4S3/c1-15(2)34-24-28-27-23(35-24)26-22(30)21-14-29(36(31,32)18-10-7-16(3)8-11-18)19-13-17(25(4,5)6)9-12-20(19)33-21/h7-13,15,21H,14H2,1-6H3,(H,26,27,30)/t21-/m0/s1. The summed E-state index contributed by atoms with van der Waals surface area (Å²) in [5, 5.41) is 11.5. The molecule has 8 nitrogen and oxygen atoms in total. The first-order valence-corrected chi connectivity index (χ1v) is 14.7. The van der Waals surface area contributed by atoms with Gasteiger partial charge < -0.3 is 4.74 Å². The highest BCUT2D eigenvalue weighted by molar-refractivity contribution is 8.01. The van der Waals surface area contributed by atoms with Crippen molar-refractivity contribution in [2.24, 2.45) is 0 Å². The lowest BCUT2D eigenvalue weighted by atomic mass is 9.86. The molecule has 11 heteroatoms. The van der Waals surface area contributed by atoms with E-state index in [1.54, 1.807) is 42.1 Å². The van der Waals surface area contributed by atoms with Crippen LogP contribution in [0.3, 0.4) is 0 Å². The smallest absolute Gasteiger partial charge is 0.269 e. The van der Waals surface area contributed by atoms with Gasteiger partial charge in [-0.05, 0) is 42.2 Å². The van der Waals surface area contributed by atoms with E-state index in [2.05, 4.69) is 36.3 Å². The van der Waals surface area contributed by atoms with Crippen molar-refractivity contribution < 1.29 is 17.9 Å². The molecule has 2 heterocycles. The second-order valence-electron chi connectivity index (χ2n) is 9.92. The van der Waals surface area contributed by atoms with Crippen LogP contribution in [0.1, 0.15) is 45.7 Å². The van der Waals surface area contributed by atoms with Crippen LogP contribution in [0.2, 0.25) is 0 Å². The number of fused-ring (bicyclic) bond motifs is 1. The number of nitrogens with one attached hydrogen (secondary N) is 1. The minimum Gasteiger partial charge on any atom is -0.476 e. The summed E-state index contributed by atoms with van der Waals surface area (Å²) < 4.78 is 35.6. The number of hydrogen-bond acceptors (Lipinski definition) is 8. The molecule has 1 amide bonds. The van der Waals surface area contributed by atoms with Crippen molar-refractivity contribution in [2.75, 3.05) is 16.2 Å². The number of ether oxygens (including phenoxy) is 1. The Morgan fingerprint density at radius 2 is 1.86 bits per heavy atom. The van der Waals surface area contributed by atoms with Crippen molar-refractivity contribution in [3.8, 4) is 5.75 Å². The summed E-state index contributed by atoms with van der Waals surface area (Å²) in [7, 11) is -3.96. The number of sulfonamides is 1. The first-order chi connectivity index (χ1) is 16.8. The van der Waals surface area contributed by atoms with Crippen LogP contribution in [0.25, 0.3) is 0 Å². The Morgan fingerprint density at radius 3 is 2.50 bits per heavy atom. The van der Waals surface area contributed by atoms with Crippen LogP contribution in [-0.2, 0) is 20.2 Å². The number of aryl methyl sites for hydroxylation is 1. The second kappa shape index (κ2) is 10.0. The molecule has 0 spiro atoms. The Hall–Kier alpha value is -2.63. The van der Waals surface area contributed by atoms with Gasteiger partial charge in [-0.2, -0.15) is 0 Å². The summed E-state index contributed by atoms with van der Waals surface area (Å²) >= 11 is 2.82. The molecule has 0 radical (unpaired) electrons. The summed E-state index contributed by atoms with van der Waals surface area (Å²) in [5.41, 5.74) is 2.13. The number of hydrogen-bond donors (Lipinski definition) is 1. The first-order valence-electron chi connectivity index (χ1n) is 11.6. The summed E-state index contributed by atoms with van der Waals surface area (Å²) in [4.78, 5) is 13.3. The van der Waals surface area contributed by atoms with Crippen molar-refractivity contribution >= 4 is 49.8 Å².